The van der Waals surface area contributed by atoms with Gasteiger partial charge in [0.1, 0.15) is 5.75 Å². The molecular formula is C13H19NO3S. The number of benzene rings is 1. The monoisotopic (exact) mass is 269 g/mol. The number of rotatable bonds is 3. The predicted molar refractivity (Wildman–Crippen MR) is 71.3 cm³/mol. The predicted octanol–water partition coefficient (Wildman–Crippen LogP) is 1.66. The molecule has 1 aromatic rings. The van der Waals surface area contributed by atoms with E-state index in [1.807, 2.05) is 24.3 Å². The average Bonchev–Trinajstić information content (AvgIpc) is 2.37. The number of methoxy groups -OCH3 is 1. The number of nitrogens with two attached hydrogens (primary N) is 1. The average molecular weight is 269 g/mol. The van der Waals surface area contributed by atoms with Crippen molar-refractivity contribution < 1.29 is 13.2 Å². The van der Waals surface area contributed by atoms with Crippen LogP contribution in [0.4, 0.5) is 0 Å². The molecule has 1 saturated heterocycles. The second-order valence-electron chi connectivity index (χ2n) is 4.70. The fourth-order valence-electron chi connectivity index (χ4n) is 2.45. The second-order valence-corrected chi connectivity index (χ2v) is 7.04. The van der Waals surface area contributed by atoms with Crippen molar-refractivity contribution in [2.75, 3.05) is 12.9 Å². The van der Waals surface area contributed by atoms with Crippen LogP contribution in [-0.2, 0) is 9.84 Å². The molecule has 100 valence electrons. The van der Waals surface area contributed by atoms with E-state index in [0.717, 1.165) is 18.4 Å². The molecule has 4 nitrogen and oxygen atoms in total. The molecule has 0 aliphatic carbocycles. The summed E-state index contributed by atoms with van der Waals surface area (Å²) >= 11 is 0. The summed E-state index contributed by atoms with van der Waals surface area (Å²) in [5.41, 5.74) is 6.96. The molecule has 0 radical (unpaired) electrons. The van der Waals surface area contributed by atoms with Gasteiger partial charge in [-0.25, -0.2) is 8.42 Å². The van der Waals surface area contributed by atoms with E-state index in [4.69, 9.17) is 10.5 Å². The van der Waals surface area contributed by atoms with Crippen LogP contribution < -0.4 is 10.5 Å². The van der Waals surface area contributed by atoms with E-state index in [1.54, 1.807) is 7.11 Å². The molecule has 0 bridgehead atoms. The molecule has 1 aromatic carbocycles. The molecule has 1 heterocycles. The van der Waals surface area contributed by atoms with Gasteiger partial charge in [-0.1, -0.05) is 18.6 Å². The maximum atomic E-state index is 12.0. The lowest BCUT2D eigenvalue weighted by Crippen LogP contribution is -2.37. The zero-order chi connectivity index (χ0) is 13.2. The highest BCUT2D eigenvalue weighted by Crippen LogP contribution is 2.30. The van der Waals surface area contributed by atoms with Gasteiger partial charge in [-0.3, -0.25) is 0 Å². The Balaban J connectivity index is 2.26. The number of hydrogen-bond donors (Lipinski definition) is 1. The van der Waals surface area contributed by atoms with Crippen molar-refractivity contribution in [1.29, 1.82) is 0 Å². The fraction of sp³-hybridized carbons (Fsp3) is 0.538. The molecule has 0 aromatic heterocycles. The summed E-state index contributed by atoms with van der Waals surface area (Å²) in [5, 5.41) is -0.460. The summed E-state index contributed by atoms with van der Waals surface area (Å²) in [6.07, 6.45) is 2.34. The maximum Gasteiger partial charge on any atom is 0.155 e. The van der Waals surface area contributed by atoms with Gasteiger partial charge in [0.2, 0.25) is 0 Å². The van der Waals surface area contributed by atoms with Crippen molar-refractivity contribution in [2.24, 2.45) is 5.73 Å². The van der Waals surface area contributed by atoms with E-state index in [0.29, 0.717) is 12.2 Å². The first-order valence-electron chi connectivity index (χ1n) is 6.16. The summed E-state index contributed by atoms with van der Waals surface area (Å²) < 4.78 is 29.2. The Morgan fingerprint density at radius 3 is 2.83 bits per heavy atom. The lowest BCUT2D eigenvalue weighted by atomic mass is 10.0. The first-order valence-corrected chi connectivity index (χ1v) is 7.87. The molecule has 2 rings (SSSR count). The zero-order valence-electron chi connectivity index (χ0n) is 10.5. The van der Waals surface area contributed by atoms with Crippen molar-refractivity contribution in [3.63, 3.8) is 0 Å². The summed E-state index contributed by atoms with van der Waals surface area (Å²) in [5.74, 6) is 0.964. The Kier molecular flexibility index (Phi) is 3.92. The van der Waals surface area contributed by atoms with Crippen LogP contribution >= 0.6 is 0 Å². The number of hydrogen-bond acceptors (Lipinski definition) is 4. The van der Waals surface area contributed by atoms with Crippen LogP contribution in [0, 0.1) is 0 Å². The minimum absolute atomic E-state index is 0.259. The van der Waals surface area contributed by atoms with Crippen LogP contribution in [0.3, 0.4) is 0 Å². The minimum Gasteiger partial charge on any atom is -0.497 e. The van der Waals surface area contributed by atoms with Gasteiger partial charge in [-0.15, -0.1) is 0 Å². The highest BCUT2D eigenvalue weighted by Gasteiger charge is 2.34. The largest absolute Gasteiger partial charge is 0.497 e. The normalized spacial score (nSPS) is 24.4. The van der Waals surface area contributed by atoms with Gasteiger partial charge in [-0.05, 0) is 30.5 Å². The van der Waals surface area contributed by atoms with Gasteiger partial charge < -0.3 is 10.5 Å². The molecule has 0 amide bonds. The van der Waals surface area contributed by atoms with Crippen molar-refractivity contribution in [3.05, 3.63) is 29.8 Å². The van der Waals surface area contributed by atoms with Crippen molar-refractivity contribution in [3.8, 4) is 5.75 Å². The molecule has 2 N–H and O–H groups in total. The summed E-state index contributed by atoms with van der Waals surface area (Å²) in [6, 6.07) is 6.87. The second kappa shape index (κ2) is 5.28. The smallest absolute Gasteiger partial charge is 0.155 e. The lowest BCUT2D eigenvalue weighted by Gasteiger charge is -2.27. The van der Waals surface area contributed by atoms with Crippen molar-refractivity contribution >= 4 is 9.84 Å². The molecule has 0 saturated carbocycles. The first-order chi connectivity index (χ1) is 8.54. The zero-order valence-corrected chi connectivity index (χ0v) is 11.3. The number of sulfone groups is 1. The Hall–Kier alpha value is -1.07. The molecule has 18 heavy (non-hydrogen) atoms. The third-order valence-corrected chi connectivity index (χ3v) is 5.82. The van der Waals surface area contributed by atoms with Crippen LogP contribution in [-0.4, -0.2) is 26.5 Å². The Morgan fingerprint density at radius 2 is 2.17 bits per heavy atom. The third-order valence-electron chi connectivity index (χ3n) is 3.51. The lowest BCUT2D eigenvalue weighted by molar-refractivity contribution is 0.413. The first kappa shape index (κ1) is 13.4. The molecule has 2 unspecified atom stereocenters. The SMILES string of the molecule is COc1cccc(C(N)C2CCCCS2(=O)=O)c1. The van der Waals surface area contributed by atoms with Crippen LogP contribution in [0.1, 0.15) is 30.9 Å². The van der Waals surface area contributed by atoms with Gasteiger partial charge in [0.05, 0.1) is 18.1 Å². The van der Waals surface area contributed by atoms with Crippen molar-refractivity contribution in [1.82, 2.24) is 0 Å². The summed E-state index contributed by atoms with van der Waals surface area (Å²) in [6.45, 7) is 0. The van der Waals surface area contributed by atoms with E-state index in [2.05, 4.69) is 0 Å². The van der Waals surface area contributed by atoms with E-state index in [1.165, 1.54) is 0 Å². The van der Waals surface area contributed by atoms with Gasteiger partial charge in [-0.2, -0.15) is 0 Å². The Bertz CT molecular complexity index is 513. The van der Waals surface area contributed by atoms with E-state index < -0.39 is 21.1 Å². The molecule has 0 spiro atoms. The molecule has 1 aliphatic heterocycles. The van der Waals surface area contributed by atoms with Crippen LogP contribution in [0.5, 0.6) is 5.75 Å². The minimum atomic E-state index is -3.06. The number of ether oxygens (including phenoxy) is 1. The van der Waals surface area contributed by atoms with E-state index >= 15 is 0 Å². The molecule has 5 heteroatoms. The van der Waals surface area contributed by atoms with Crippen LogP contribution in [0.15, 0.2) is 24.3 Å². The topological polar surface area (TPSA) is 69.4 Å². The molecule has 2 atom stereocenters. The quantitative estimate of drug-likeness (QED) is 0.906. The third kappa shape index (κ3) is 2.67. The van der Waals surface area contributed by atoms with E-state index in [9.17, 15) is 8.42 Å². The molecular weight excluding hydrogens is 250 g/mol. The van der Waals surface area contributed by atoms with Gasteiger partial charge in [0.15, 0.2) is 9.84 Å². The maximum absolute atomic E-state index is 12.0. The van der Waals surface area contributed by atoms with Crippen LogP contribution in [0.2, 0.25) is 0 Å². The highest BCUT2D eigenvalue weighted by molar-refractivity contribution is 7.92. The van der Waals surface area contributed by atoms with Crippen LogP contribution in [0.25, 0.3) is 0 Å². The van der Waals surface area contributed by atoms with Gasteiger partial charge in [0, 0.05) is 6.04 Å². The molecule has 1 aliphatic rings. The molecule has 1 fully saturated rings. The summed E-state index contributed by atoms with van der Waals surface area (Å²) in [4.78, 5) is 0. The van der Waals surface area contributed by atoms with Gasteiger partial charge in [0.25, 0.3) is 0 Å². The Morgan fingerprint density at radius 1 is 1.39 bits per heavy atom. The van der Waals surface area contributed by atoms with Crippen molar-refractivity contribution in [2.45, 2.75) is 30.6 Å². The fourth-order valence-corrected chi connectivity index (χ4v) is 4.49. The highest BCUT2D eigenvalue weighted by atomic mass is 32.2. The van der Waals surface area contributed by atoms with Gasteiger partial charge >= 0.3 is 0 Å². The van der Waals surface area contributed by atoms with E-state index in [-0.39, 0.29) is 5.75 Å². The Labute approximate surface area is 108 Å². The standard InChI is InChI=1S/C13H19NO3S/c1-17-11-6-4-5-10(9-11)13(14)12-7-2-3-8-18(12,15)16/h4-6,9,12-13H,2-3,7-8,14H2,1H3. The summed E-state index contributed by atoms with van der Waals surface area (Å²) in [7, 11) is -1.47.